The molecule has 0 radical (unpaired) electrons. The average molecular weight is 396 g/mol. The molecule has 2 aromatic rings. The Hall–Kier alpha value is -1.20. The molecule has 2 fully saturated rings. The molecule has 1 spiro atoms. The molecule has 0 unspecified atom stereocenters. The molecule has 6 heteroatoms. The molecule has 0 atom stereocenters. The number of benzene rings is 1. The van der Waals surface area contributed by atoms with Gasteiger partial charge in [0, 0.05) is 47.7 Å². The summed E-state index contributed by atoms with van der Waals surface area (Å²) in [6, 6.07) is 6.25. The fraction of sp³-hybridized carbons (Fsp3) is 0.500. The molecule has 2 heterocycles. The Bertz CT molecular complexity index is 750. The molecule has 1 saturated carbocycles. The first kappa shape index (κ1) is 18.2. The van der Waals surface area contributed by atoms with E-state index in [1.165, 1.54) is 5.56 Å². The van der Waals surface area contributed by atoms with Gasteiger partial charge < -0.3 is 18.8 Å². The van der Waals surface area contributed by atoms with Crippen LogP contribution in [-0.2, 0) is 15.9 Å². The van der Waals surface area contributed by atoms with Crippen molar-refractivity contribution in [3.63, 3.8) is 0 Å². The van der Waals surface area contributed by atoms with E-state index in [0.717, 1.165) is 44.5 Å². The zero-order valence-electron chi connectivity index (χ0n) is 14.8. The van der Waals surface area contributed by atoms with Crippen LogP contribution in [-0.4, -0.2) is 30.7 Å². The minimum atomic E-state index is -0.309. The van der Waals surface area contributed by atoms with Gasteiger partial charge in [0.2, 0.25) is 0 Å². The van der Waals surface area contributed by atoms with Crippen molar-refractivity contribution >= 4 is 23.2 Å². The molecule has 140 valence electrons. The van der Waals surface area contributed by atoms with Crippen molar-refractivity contribution in [1.29, 1.82) is 0 Å². The van der Waals surface area contributed by atoms with Crippen LogP contribution in [0, 0.1) is 0 Å². The summed E-state index contributed by atoms with van der Waals surface area (Å²) in [6.45, 7) is 1.45. The van der Waals surface area contributed by atoms with Crippen molar-refractivity contribution in [3.05, 3.63) is 51.8 Å². The number of rotatable bonds is 4. The second-order valence-electron chi connectivity index (χ2n) is 7.05. The summed E-state index contributed by atoms with van der Waals surface area (Å²) in [7, 11) is 1.61. The smallest absolute Gasteiger partial charge is 0.168 e. The molecule has 4 rings (SSSR count). The zero-order chi connectivity index (χ0) is 18.1. The minimum Gasteiger partial charge on any atom is -0.497 e. The maximum absolute atomic E-state index is 6.39. The largest absolute Gasteiger partial charge is 0.497 e. The van der Waals surface area contributed by atoms with Crippen LogP contribution in [0.2, 0.25) is 10.0 Å². The van der Waals surface area contributed by atoms with E-state index in [1.807, 2.05) is 12.1 Å². The van der Waals surface area contributed by atoms with Gasteiger partial charge in [0.15, 0.2) is 5.79 Å². The first-order valence-corrected chi connectivity index (χ1v) is 9.80. The third-order valence-electron chi connectivity index (χ3n) is 5.46. The maximum atomic E-state index is 6.39. The Balaban J connectivity index is 1.44. The normalized spacial score (nSPS) is 20.0. The highest BCUT2D eigenvalue weighted by atomic mass is 35.5. The Kier molecular flexibility index (Phi) is 5.20. The highest BCUT2D eigenvalue weighted by Gasteiger charge is 2.40. The number of hydrogen-bond donors (Lipinski definition) is 0. The highest BCUT2D eigenvalue weighted by molar-refractivity contribution is 6.36. The van der Waals surface area contributed by atoms with Crippen LogP contribution < -0.4 is 4.74 Å². The van der Waals surface area contributed by atoms with Gasteiger partial charge in [-0.1, -0.05) is 23.2 Å². The lowest BCUT2D eigenvalue weighted by Crippen LogP contribution is -2.35. The summed E-state index contributed by atoms with van der Waals surface area (Å²) in [6.07, 6.45) is 9.12. The lowest BCUT2D eigenvalue weighted by atomic mass is 9.90. The van der Waals surface area contributed by atoms with Crippen molar-refractivity contribution in [2.75, 3.05) is 20.3 Å². The molecule has 1 aliphatic heterocycles. The second kappa shape index (κ2) is 7.43. The molecule has 0 N–H and O–H groups in total. The number of hydrogen-bond acceptors (Lipinski definition) is 3. The van der Waals surface area contributed by atoms with Crippen LogP contribution in [0.3, 0.4) is 0 Å². The Morgan fingerprint density at radius 1 is 1.15 bits per heavy atom. The number of methoxy groups -OCH3 is 1. The van der Waals surface area contributed by atoms with E-state index in [1.54, 1.807) is 7.11 Å². The van der Waals surface area contributed by atoms with Crippen LogP contribution in [0.5, 0.6) is 5.75 Å². The maximum Gasteiger partial charge on any atom is 0.168 e. The van der Waals surface area contributed by atoms with Gasteiger partial charge in [-0.25, -0.2) is 0 Å². The fourth-order valence-corrected chi connectivity index (χ4v) is 4.59. The van der Waals surface area contributed by atoms with Crippen molar-refractivity contribution < 1.29 is 14.2 Å². The average Bonchev–Trinajstić information content (AvgIpc) is 3.29. The Labute approximate surface area is 163 Å². The molecule has 1 aromatic carbocycles. The van der Waals surface area contributed by atoms with Gasteiger partial charge in [-0.15, -0.1) is 0 Å². The predicted molar refractivity (Wildman–Crippen MR) is 102 cm³/mol. The molecule has 26 heavy (non-hydrogen) atoms. The summed E-state index contributed by atoms with van der Waals surface area (Å²) >= 11 is 12.8. The monoisotopic (exact) mass is 395 g/mol. The molecule has 4 nitrogen and oxygen atoms in total. The van der Waals surface area contributed by atoms with E-state index in [4.69, 9.17) is 37.4 Å². The third kappa shape index (κ3) is 3.61. The molecule has 1 saturated heterocycles. The molecule has 1 aliphatic carbocycles. The van der Waals surface area contributed by atoms with Gasteiger partial charge in [0.25, 0.3) is 0 Å². The molecule has 1 aromatic heterocycles. The van der Waals surface area contributed by atoms with Crippen LogP contribution in [0.15, 0.2) is 30.6 Å². The van der Waals surface area contributed by atoms with Crippen LogP contribution in [0.1, 0.15) is 42.9 Å². The van der Waals surface area contributed by atoms with Crippen LogP contribution in [0.4, 0.5) is 0 Å². The van der Waals surface area contributed by atoms with E-state index >= 15 is 0 Å². The summed E-state index contributed by atoms with van der Waals surface area (Å²) < 4.78 is 19.2. The predicted octanol–water partition coefficient (Wildman–Crippen LogP) is 5.25. The lowest BCUT2D eigenvalue weighted by Gasteiger charge is -2.35. The van der Waals surface area contributed by atoms with Gasteiger partial charge in [-0.3, -0.25) is 0 Å². The van der Waals surface area contributed by atoms with E-state index in [2.05, 4.69) is 23.0 Å². The number of aromatic nitrogens is 1. The van der Waals surface area contributed by atoms with Gasteiger partial charge in [-0.05, 0) is 42.2 Å². The van der Waals surface area contributed by atoms with Gasteiger partial charge >= 0.3 is 0 Å². The third-order valence-corrected chi connectivity index (χ3v) is 6.13. The van der Waals surface area contributed by atoms with Crippen molar-refractivity contribution in [2.45, 2.75) is 43.9 Å². The second-order valence-corrected chi connectivity index (χ2v) is 7.87. The Morgan fingerprint density at radius 3 is 2.42 bits per heavy atom. The molecule has 0 bridgehead atoms. The van der Waals surface area contributed by atoms with Crippen molar-refractivity contribution in [3.8, 4) is 5.75 Å². The van der Waals surface area contributed by atoms with Gasteiger partial charge in [0.05, 0.1) is 20.3 Å². The zero-order valence-corrected chi connectivity index (χ0v) is 16.4. The highest BCUT2D eigenvalue weighted by Crippen LogP contribution is 2.40. The number of nitrogens with zero attached hydrogens (tertiary/aromatic N) is 1. The quantitative estimate of drug-likeness (QED) is 0.708. The first-order chi connectivity index (χ1) is 12.6. The number of ether oxygens (including phenoxy) is 3. The fourth-order valence-electron chi connectivity index (χ4n) is 3.99. The van der Waals surface area contributed by atoms with Gasteiger partial charge in [-0.2, -0.15) is 0 Å². The first-order valence-electron chi connectivity index (χ1n) is 9.05. The van der Waals surface area contributed by atoms with E-state index < -0.39 is 0 Å². The van der Waals surface area contributed by atoms with Crippen molar-refractivity contribution in [2.24, 2.45) is 0 Å². The number of halogens is 2. The molecular formula is C20H23Cl2NO3. The lowest BCUT2D eigenvalue weighted by molar-refractivity contribution is -0.181. The summed E-state index contributed by atoms with van der Waals surface area (Å²) in [5, 5.41) is 1.27. The molecule has 0 amide bonds. The van der Waals surface area contributed by atoms with E-state index in [-0.39, 0.29) is 5.79 Å². The van der Waals surface area contributed by atoms with Crippen LogP contribution >= 0.6 is 23.2 Å². The van der Waals surface area contributed by atoms with Crippen molar-refractivity contribution in [1.82, 2.24) is 4.57 Å². The standard InChI is InChI=1S/C20H23Cl2NO3/c1-24-16-11-18(21)17(19(22)12-16)10-14-4-7-23(13-14)15-2-5-20(6-3-15)25-8-9-26-20/h4,7,11-13,15H,2-3,5-6,8-10H2,1H3. The topological polar surface area (TPSA) is 32.6 Å². The Morgan fingerprint density at radius 2 is 1.81 bits per heavy atom. The summed E-state index contributed by atoms with van der Waals surface area (Å²) in [4.78, 5) is 0. The molecule has 2 aliphatic rings. The SMILES string of the molecule is COc1cc(Cl)c(Cc2ccn(C3CCC4(CC3)OCCO4)c2)c(Cl)c1. The summed E-state index contributed by atoms with van der Waals surface area (Å²) in [5.74, 6) is 0.366. The van der Waals surface area contributed by atoms with E-state index in [9.17, 15) is 0 Å². The van der Waals surface area contributed by atoms with E-state index in [0.29, 0.717) is 28.3 Å². The van der Waals surface area contributed by atoms with Gasteiger partial charge in [0.1, 0.15) is 5.75 Å². The minimum absolute atomic E-state index is 0.309. The van der Waals surface area contributed by atoms with Crippen LogP contribution in [0.25, 0.3) is 0 Å². The summed E-state index contributed by atoms with van der Waals surface area (Å²) in [5.41, 5.74) is 2.13. The molecular weight excluding hydrogens is 373 g/mol.